The van der Waals surface area contributed by atoms with Crippen molar-refractivity contribution in [3.8, 4) is 5.75 Å². The van der Waals surface area contributed by atoms with Gasteiger partial charge in [-0.1, -0.05) is 30.8 Å². The topological polar surface area (TPSA) is 105 Å². The Morgan fingerprint density at radius 3 is 2.23 bits per heavy atom. The van der Waals surface area contributed by atoms with Crippen LogP contribution in [0.4, 0.5) is 0 Å². The Labute approximate surface area is 129 Å². The van der Waals surface area contributed by atoms with Gasteiger partial charge in [-0.25, -0.2) is 4.98 Å². The van der Waals surface area contributed by atoms with Crippen molar-refractivity contribution < 1.29 is 14.3 Å². The molecule has 0 aliphatic heterocycles. The predicted molar refractivity (Wildman–Crippen MR) is 82.2 cm³/mol. The normalized spacial score (nSPS) is 9.82. The van der Waals surface area contributed by atoms with Crippen LogP contribution in [-0.4, -0.2) is 30.7 Å². The maximum atomic E-state index is 10.7. The van der Waals surface area contributed by atoms with Crippen LogP contribution in [0, 0.1) is 0 Å². The number of nitrogens with zero attached hydrogens (tertiary/aromatic N) is 4. The zero-order valence-electron chi connectivity index (χ0n) is 12.5. The molecule has 0 aliphatic carbocycles. The van der Waals surface area contributed by atoms with E-state index in [9.17, 15) is 9.59 Å². The molecule has 0 saturated heterocycles. The molecule has 1 aromatic heterocycles. The number of pyridine rings is 1. The standard InChI is InChI=1S/C15H20N4O3/c16-19-17-7-5-3-1-2-4-6-8-22-15-9-13(11-20)18-14(10-15)12-21/h9-12H,1-8H2. The summed E-state index contributed by atoms with van der Waals surface area (Å²) in [5.74, 6) is 0.494. The maximum absolute atomic E-state index is 10.7. The van der Waals surface area contributed by atoms with Crippen LogP contribution in [0.2, 0.25) is 0 Å². The third-order valence-corrected chi connectivity index (χ3v) is 3.06. The summed E-state index contributed by atoms with van der Waals surface area (Å²) < 4.78 is 5.54. The molecule has 0 amide bonds. The largest absolute Gasteiger partial charge is 0.493 e. The summed E-state index contributed by atoms with van der Waals surface area (Å²) in [5, 5.41) is 3.49. The highest BCUT2D eigenvalue weighted by Crippen LogP contribution is 2.14. The van der Waals surface area contributed by atoms with Gasteiger partial charge in [-0.15, -0.1) is 0 Å². The number of carbonyl (C=O) groups is 2. The van der Waals surface area contributed by atoms with Gasteiger partial charge in [0.1, 0.15) is 17.1 Å². The van der Waals surface area contributed by atoms with Crippen LogP contribution in [0.1, 0.15) is 59.5 Å². The molecule has 0 spiro atoms. The van der Waals surface area contributed by atoms with Gasteiger partial charge in [-0.3, -0.25) is 9.59 Å². The van der Waals surface area contributed by atoms with Gasteiger partial charge in [0, 0.05) is 23.6 Å². The fourth-order valence-electron chi connectivity index (χ4n) is 1.98. The third kappa shape index (κ3) is 7.40. The van der Waals surface area contributed by atoms with Crippen LogP contribution in [0.5, 0.6) is 5.75 Å². The number of hydrogen-bond donors (Lipinski definition) is 0. The summed E-state index contributed by atoms with van der Waals surface area (Å²) in [6.45, 7) is 1.11. The van der Waals surface area contributed by atoms with Crippen molar-refractivity contribution >= 4 is 12.6 Å². The first-order valence-corrected chi connectivity index (χ1v) is 7.36. The predicted octanol–water partition coefficient (Wildman–Crippen LogP) is 3.74. The van der Waals surface area contributed by atoms with Gasteiger partial charge >= 0.3 is 0 Å². The van der Waals surface area contributed by atoms with Crippen LogP contribution in [0.3, 0.4) is 0 Å². The Morgan fingerprint density at radius 2 is 1.64 bits per heavy atom. The lowest BCUT2D eigenvalue weighted by Crippen LogP contribution is -2.01. The molecular weight excluding hydrogens is 284 g/mol. The molecule has 0 bridgehead atoms. The SMILES string of the molecule is [N-]=[N+]=NCCCCCCCCOc1cc(C=O)nc(C=O)c1. The first kappa shape index (κ1) is 17.7. The number of aldehydes is 2. The van der Waals surface area contributed by atoms with Crippen LogP contribution in [-0.2, 0) is 0 Å². The maximum Gasteiger partial charge on any atom is 0.168 e. The molecule has 0 aliphatic rings. The van der Waals surface area contributed by atoms with E-state index in [-0.39, 0.29) is 11.4 Å². The molecule has 1 heterocycles. The van der Waals surface area contributed by atoms with E-state index in [1.807, 2.05) is 0 Å². The fourth-order valence-corrected chi connectivity index (χ4v) is 1.98. The second-order valence-electron chi connectivity index (χ2n) is 4.81. The van der Waals surface area contributed by atoms with Gasteiger partial charge in [-0.2, -0.15) is 0 Å². The lowest BCUT2D eigenvalue weighted by atomic mass is 10.1. The average Bonchev–Trinajstić information content (AvgIpc) is 2.56. The van der Waals surface area contributed by atoms with Crippen molar-refractivity contribution in [2.45, 2.75) is 38.5 Å². The van der Waals surface area contributed by atoms with E-state index in [1.165, 1.54) is 12.1 Å². The molecule has 0 fully saturated rings. The minimum absolute atomic E-state index is 0.194. The molecule has 0 atom stereocenters. The Bertz CT molecular complexity index is 501. The van der Waals surface area contributed by atoms with Crippen LogP contribution in [0.25, 0.3) is 10.4 Å². The first-order chi connectivity index (χ1) is 10.8. The molecule has 1 aromatic rings. The van der Waals surface area contributed by atoms with Crippen LogP contribution in [0.15, 0.2) is 17.2 Å². The van der Waals surface area contributed by atoms with Crippen molar-refractivity contribution in [1.29, 1.82) is 0 Å². The fraction of sp³-hybridized carbons (Fsp3) is 0.533. The lowest BCUT2D eigenvalue weighted by molar-refractivity contribution is 0.111. The molecule has 7 nitrogen and oxygen atoms in total. The summed E-state index contributed by atoms with van der Waals surface area (Å²) in [6, 6.07) is 3.05. The van der Waals surface area contributed by atoms with E-state index in [0.29, 0.717) is 31.5 Å². The Hall–Kier alpha value is -2.40. The van der Waals surface area contributed by atoms with Crippen molar-refractivity contribution in [2.24, 2.45) is 5.11 Å². The number of carbonyl (C=O) groups excluding carboxylic acids is 2. The van der Waals surface area contributed by atoms with Crippen molar-refractivity contribution in [3.63, 3.8) is 0 Å². The Balaban J connectivity index is 2.15. The number of ether oxygens (including phenoxy) is 1. The summed E-state index contributed by atoms with van der Waals surface area (Å²) in [5.41, 5.74) is 8.52. The van der Waals surface area contributed by atoms with E-state index < -0.39 is 0 Å². The number of azide groups is 1. The van der Waals surface area contributed by atoms with E-state index in [2.05, 4.69) is 15.0 Å². The molecule has 118 valence electrons. The first-order valence-electron chi connectivity index (χ1n) is 7.36. The van der Waals surface area contributed by atoms with E-state index >= 15 is 0 Å². The lowest BCUT2D eigenvalue weighted by Gasteiger charge is -2.07. The van der Waals surface area contributed by atoms with Gasteiger partial charge in [0.25, 0.3) is 0 Å². The number of rotatable bonds is 12. The van der Waals surface area contributed by atoms with Crippen molar-refractivity contribution in [1.82, 2.24) is 4.98 Å². The van der Waals surface area contributed by atoms with Crippen molar-refractivity contribution in [3.05, 3.63) is 34.0 Å². The molecule has 0 radical (unpaired) electrons. The monoisotopic (exact) mass is 304 g/mol. The van der Waals surface area contributed by atoms with Gasteiger partial charge < -0.3 is 4.74 Å². The smallest absolute Gasteiger partial charge is 0.168 e. The molecule has 0 unspecified atom stereocenters. The minimum atomic E-state index is 0.194. The second-order valence-corrected chi connectivity index (χ2v) is 4.81. The van der Waals surface area contributed by atoms with E-state index in [4.69, 9.17) is 10.3 Å². The highest BCUT2D eigenvalue weighted by Gasteiger charge is 2.02. The van der Waals surface area contributed by atoms with Gasteiger partial charge in [0.05, 0.1) is 6.61 Å². The zero-order valence-corrected chi connectivity index (χ0v) is 12.5. The van der Waals surface area contributed by atoms with Crippen LogP contribution < -0.4 is 4.74 Å². The van der Waals surface area contributed by atoms with E-state index in [0.717, 1.165) is 38.5 Å². The molecule has 0 N–H and O–H groups in total. The average molecular weight is 304 g/mol. The van der Waals surface area contributed by atoms with Gasteiger partial charge in [-0.05, 0) is 18.4 Å². The molecule has 0 aromatic carbocycles. The zero-order chi connectivity index (χ0) is 16.0. The molecule has 1 rings (SSSR count). The quantitative estimate of drug-likeness (QED) is 0.193. The number of unbranched alkanes of at least 4 members (excludes halogenated alkanes) is 5. The van der Waals surface area contributed by atoms with Gasteiger partial charge in [0.15, 0.2) is 12.6 Å². The second kappa shape index (κ2) is 11.3. The summed E-state index contributed by atoms with van der Waals surface area (Å²) in [4.78, 5) is 27.9. The summed E-state index contributed by atoms with van der Waals surface area (Å²) in [7, 11) is 0. The summed E-state index contributed by atoms with van der Waals surface area (Å²) in [6.07, 6.45) is 7.36. The Kier molecular flexibility index (Phi) is 9.05. The minimum Gasteiger partial charge on any atom is -0.493 e. The molecule has 22 heavy (non-hydrogen) atoms. The van der Waals surface area contributed by atoms with Crippen molar-refractivity contribution in [2.75, 3.05) is 13.2 Å². The third-order valence-electron chi connectivity index (χ3n) is 3.06. The van der Waals surface area contributed by atoms with Crippen LogP contribution >= 0.6 is 0 Å². The van der Waals surface area contributed by atoms with Gasteiger partial charge in [0.2, 0.25) is 0 Å². The highest BCUT2D eigenvalue weighted by atomic mass is 16.5. The molecular formula is C15H20N4O3. The Morgan fingerprint density at radius 1 is 1.05 bits per heavy atom. The molecule has 7 heteroatoms. The molecule has 0 saturated carbocycles. The van der Waals surface area contributed by atoms with E-state index in [1.54, 1.807) is 0 Å². The highest BCUT2D eigenvalue weighted by molar-refractivity contribution is 5.78. The number of aromatic nitrogens is 1. The summed E-state index contributed by atoms with van der Waals surface area (Å²) >= 11 is 0. The number of hydrogen-bond acceptors (Lipinski definition) is 5.